The molecule has 0 radical (unpaired) electrons. The van der Waals surface area contributed by atoms with Gasteiger partial charge in [0.2, 0.25) is 10.0 Å². The van der Waals surface area contributed by atoms with E-state index in [1.807, 2.05) is 24.3 Å². The second-order valence-electron chi connectivity index (χ2n) is 4.30. The lowest BCUT2D eigenvalue weighted by molar-refractivity contribution is 0.567. The third-order valence-corrected chi connectivity index (χ3v) is 4.00. The Hall–Kier alpha value is -0.590. The Kier molecular flexibility index (Phi) is 3.75. The zero-order valence-electron chi connectivity index (χ0n) is 9.56. The maximum Gasteiger partial charge on any atom is 0.209 e. The SMILES string of the molecule is CS(=O)(=O)N[C@H]1CCN(c2cccc(Br)c2)C1. The summed E-state index contributed by atoms with van der Waals surface area (Å²) in [6.45, 7) is 1.60. The Morgan fingerprint density at radius 2 is 2.24 bits per heavy atom. The van der Waals surface area contributed by atoms with Crippen molar-refractivity contribution in [2.24, 2.45) is 0 Å². The number of sulfonamides is 1. The molecule has 6 heteroatoms. The van der Waals surface area contributed by atoms with Crippen molar-refractivity contribution in [3.05, 3.63) is 28.7 Å². The van der Waals surface area contributed by atoms with E-state index in [0.717, 1.165) is 29.7 Å². The van der Waals surface area contributed by atoms with Crippen LogP contribution in [0.5, 0.6) is 0 Å². The highest BCUT2D eigenvalue weighted by Gasteiger charge is 2.24. The van der Waals surface area contributed by atoms with Crippen LogP contribution >= 0.6 is 15.9 Å². The van der Waals surface area contributed by atoms with Gasteiger partial charge in [0.05, 0.1) is 6.26 Å². The molecule has 4 nitrogen and oxygen atoms in total. The van der Waals surface area contributed by atoms with E-state index < -0.39 is 10.0 Å². The van der Waals surface area contributed by atoms with E-state index in [4.69, 9.17) is 0 Å². The van der Waals surface area contributed by atoms with Gasteiger partial charge >= 0.3 is 0 Å². The summed E-state index contributed by atoms with van der Waals surface area (Å²) in [6, 6.07) is 8.06. The van der Waals surface area contributed by atoms with Crippen LogP contribution in [0.15, 0.2) is 28.7 Å². The summed E-state index contributed by atoms with van der Waals surface area (Å²) < 4.78 is 26.0. The summed E-state index contributed by atoms with van der Waals surface area (Å²) in [4.78, 5) is 2.19. The molecule has 0 amide bonds. The largest absolute Gasteiger partial charge is 0.370 e. The van der Waals surface area contributed by atoms with E-state index in [-0.39, 0.29) is 6.04 Å². The fourth-order valence-electron chi connectivity index (χ4n) is 2.07. The van der Waals surface area contributed by atoms with E-state index in [1.165, 1.54) is 6.26 Å². The molecule has 2 rings (SSSR count). The Balaban J connectivity index is 2.03. The highest BCUT2D eigenvalue weighted by molar-refractivity contribution is 9.10. The Labute approximate surface area is 110 Å². The van der Waals surface area contributed by atoms with Gasteiger partial charge in [-0.05, 0) is 24.6 Å². The van der Waals surface area contributed by atoms with Crippen LogP contribution in [0.4, 0.5) is 5.69 Å². The van der Waals surface area contributed by atoms with Crippen molar-refractivity contribution < 1.29 is 8.42 Å². The van der Waals surface area contributed by atoms with Crippen LogP contribution in [-0.4, -0.2) is 33.8 Å². The molecule has 0 aromatic heterocycles. The first kappa shape index (κ1) is 12.9. The molecular formula is C11H15BrN2O2S. The van der Waals surface area contributed by atoms with Gasteiger partial charge in [-0.25, -0.2) is 13.1 Å². The fourth-order valence-corrected chi connectivity index (χ4v) is 3.25. The van der Waals surface area contributed by atoms with E-state index in [0.29, 0.717) is 0 Å². The van der Waals surface area contributed by atoms with E-state index in [1.54, 1.807) is 0 Å². The van der Waals surface area contributed by atoms with Gasteiger partial charge in [0.15, 0.2) is 0 Å². The van der Waals surface area contributed by atoms with Crippen LogP contribution in [0.1, 0.15) is 6.42 Å². The lowest BCUT2D eigenvalue weighted by Crippen LogP contribution is -2.36. The summed E-state index contributed by atoms with van der Waals surface area (Å²) in [5.74, 6) is 0. The number of rotatable bonds is 3. The number of nitrogens with one attached hydrogen (secondary N) is 1. The molecule has 1 saturated heterocycles. The first-order valence-corrected chi connectivity index (χ1v) is 8.10. The summed E-state index contributed by atoms with van der Waals surface area (Å²) >= 11 is 3.43. The predicted molar refractivity (Wildman–Crippen MR) is 72.7 cm³/mol. The van der Waals surface area contributed by atoms with Crippen LogP contribution in [0.25, 0.3) is 0 Å². The summed E-state index contributed by atoms with van der Waals surface area (Å²) in [5, 5.41) is 0. The van der Waals surface area contributed by atoms with Crippen molar-refractivity contribution >= 4 is 31.6 Å². The monoisotopic (exact) mass is 318 g/mol. The van der Waals surface area contributed by atoms with Crippen molar-refractivity contribution in [3.8, 4) is 0 Å². The molecule has 1 fully saturated rings. The molecule has 0 unspecified atom stereocenters. The van der Waals surface area contributed by atoms with Crippen LogP contribution in [0.2, 0.25) is 0 Å². The fraction of sp³-hybridized carbons (Fsp3) is 0.455. The van der Waals surface area contributed by atoms with Gasteiger partial charge in [0.25, 0.3) is 0 Å². The number of halogens is 1. The van der Waals surface area contributed by atoms with E-state index in [2.05, 4.69) is 25.6 Å². The average molecular weight is 319 g/mol. The van der Waals surface area contributed by atoms with Crippen molar-refractivity contribution in [3.63, 3.8) is 0 Å². The first-order valence-electron chi connectivity index (χ1n) is 5.42. The maximum atomic E-state index is 11.1. The van der Waals surface area contributed by atoms with Gasteiger partial charge in [-0.3, -0.25) is 0 Å². The highest BCUT2D eigenvalue weighted by atomic mass is 79.9. The molecule has 1 aromatic rings. The molecule has 0 bridgehead atoms. The quantitative estimate of drug-likeness (QED) is 0.920. The third kappa shape index (κ3) is 3.69. The molecule has 1 aliphatic rings. The van der Waals surface area contributed by atoms with Crippen LogP contribution in [0.3, 0.4) is 0 Å². The molecule has 0 saturated carbocycles. The van der Waals surface area contributed by atoms with Crippen LogP contribution in [0, 0.1) is 0 Å². The van der Waals surface area contributed by atoms with E-state index >= 15 is 0 Å². The molecule has 1 N–H and O–H groups in total. The highest BCUT2D eigenvalue weighted by Crippen LogP contribution is 2.23. The lowest BCUT2D eigenvalue weighted by Gasteiger charge is -2.19. The molecule has 1 aromatic carbocycles. The van der Waals surface area contributed by atoms with Crippen LogP contribution < -0.4 is 9.62 Å². The van der Waals surface area contributed by atoms with Gasteiger partial charge in [0.1, 0.15) is 0 Å². The van der Waals surface area contributed by atoms with Crippen molar-refractivity contribution in [2.45, 2.75) is 12.5 Å². The summed E-state index contributed by atoms with van der Waals surface area (Å²) in [7, 11) is -3.11. The number of nitrogens with zero attached hydrogens (tertiary/aromatic N) is 1. The Morgan fingerprint density at radius 3 is 2.88 bits per heavy atom. The molecular weight excluding hydrogens is 304 g/mol. The molecule has 1 aliphatic heterocycles. The first-order chi connectivity index (χ1) is 7.94. The van der Waals surface area contributed by atoms with Gasteiger partial charge in [-0.2, -0.15) is 0 Å². The second kappa shape index (κ2) is 4.96. The number of hydrogen-bond donors (Lipinski definition) is 1. The predicted octanol–water partition coefficient (Wildman–Crippen LogP) is 1.58. The Bertz CT molecular complexity index is 504. The minimum absolute atomic E-state index is 0.0176. The van der Waals surface area contributed by atoms with Gasteiger partial charge in [-0.15, -0.1) is 0 Å². The second-order valence-corrected chi connectivity index (χ2v) is 7.00. The van der Waals surface area contributed by atoms with Gasteiger partial charge < -0.3 is 4.90 Å². The molecule has 1 heterocycles. The normalized spacial score (nSPS) is 20.8. The minimum Gasteiger partial charge on any atom is -0.370 e. The minimum atomic E-state index is -3.11. The number of anilines is 1. The molecule has 17 heavy (non-hydrogen) atoms. The molecule has 0 spiro atoms. The maximum absolute atomic E-state index is 11.1. The van der Waals surface area contributed by atoms with Gasteiger partial charge in [-0.1, -0.05) is 22.0 Å². The number of hydrogen-bond acceptors (Lipinski definition) is 3. The average Bonchev–Trinajstić information content (AvgIpc) is 2.63. The zero-order chi connectivity index (χ0) is 12.5. The van der Waals surface area contributed by atoms with Crippen LogP contribution in [-0.2, 0) is 10.0 Å². The zero-order valence-corrected chi connectivity index (χ0v) is 12.0. The van der Waals surface area contributed by atoms with Gasteiger partial charge in [0, 0.05) is 29.3 Å². The van der Waals surface area contributed by atoms with E-state index in [9.17, 15) is 8.42 Å². The summed E-state index contributed by atoms with van der Waals surface area (Å²) in [6.07, 6.45) is 2.05. The van der Waals surface area contributed by atoms with Crippen molar-refractivity contribution in [1.29, 1.82) is 0 Å². The Morgan fingerprint density at radius 1 is 1.47 bits per heavy atom. The van der Waals surface area contributed by atoms with Crippen molar-refractivity contribution in [1.82, 2.24) is 4.72 Å². The molecule has 0 aliphatic carbocycles. The third-order valence-electron chi connectivity index (χ3n) is 2.74. The smallest absolute Gasteiger partial charge is 0.209 e. The number of benzene rings is 1. The standard InChI is InChI=1S/C11H15BrN2O2S/c1-17(15,16)13-10-5-6-14(8-10)11-4-2-3-9(12)7-11/h2-4,7,10,13H,5-6,8H2,1H3/t10-/m0/s1. The molecule has 1 atom stereocenters. The molecule has 94 valence electrons. The summed E-state index contributed by atoms with van der Waals surface area (Å²) in [5.41, 5.74) is 1.12. The van der Waals surface area contributed by atoms with Crippen molar-refractivity contribution in [2.75, 3.05) is 24.2 Å². The topological polar surface area (TPSA) is 49.4 Å². The lowest BCUT2D eigenvalue weighted by atomic mass is 10.3.